The van der Waals surface area contributed by atoms with E-state index in [1.165, 1.54) is 6.20 Å². The molecule has 1 aromatic heterocycles. The molecule has 0 aliphatic heterocycles. The van der Waals surface area contributed by atoms with E-state index in [0.29, 0.717) is 11.4 Å². The van der Waals surface area contributed by atoms with Crippen LogP contribution in [-0.4, -0.2) is 9.55 Å². The summed E-state index contributed by atoms with van der Waals surface area (Å²) in [7, 11) is 0. The van der Waals surface area contributed by atoms with E-state index in [1.54, 1.807) is 29.0 Å². The Labute approximate surface area is 119 Å². The van der Waals surface area contributed by atoms with Crippen LogP contribution in [-0.2, 0) is 0 Å². The second kappa shape index (κ2) is 5.44. The predicted molar refractivity (Wildman–Crippen MR) is 77.5 cm³/mol. The molecule has 0 saturated carbocycles. The van der Waals surface area contributed by atoms with Crippen LogP contribution in [0.25, 0.3) is 0 Å². The van der Waals surface area contributed by atoms with Gasteiger partial charge in [-0.1, -0.05) is 15.9 Å². The first-order valence-corrected chi connectivity index (χ1v) is 6.58. The van der Waals surface area contributed by atoms with Crippen molar-refractivity contribution in [2.24, 2.45) is 0 Å². The van der Waals surface area contributed by atoms with Gasteiger partial charge in [-0.3, -0.25) is 4.79 Å². The lowest BCUT2D eigenvalue weighted by Crippen LogP contribution is -2.23. The lowest BCUT2D eigenvalue weighted by molar-refractivity contribution is 0.439. The van der Waals surface area contributed by atoms with Crippen LogP contribution in [0.1, 0.15) is 19.9 Å². The van der Waals surface area contributed by atoms with E-state index in [9.17, 15) is 4.79 Å². The second-order valence-electron chi connectivity index (χ2n) is 4.32. The maximum atomic E-state index is 12.1. The smallest absolute Gasteiger partial charge is 0.313 e. The number of anilines is 1. The number of hydrogen-bond donors (Lipinski definition) is 1. The van der Waals surface area contributed by atoms with Gasteiger partial charge in [0.15, 0.2) is 5.75 Å². The maximum absolute atomic E-state index is 12.1. The summed E-state index contributed by atoms with van der Waals surface area (Å²) >= 11 is 3.31. The third-order valence-electron chi connectivity index (χ3n) is 2.57. The van der Waals surface area contributed by atoms with Gasteiger partial charge in [0.05, 0.1) is 5.69 Å². The molecule has 0 amide bonds. The summed E-state index contributed by atoms with van der Waals surface area (Å²) in [6.07, 6.45) is 3.16. The maximum Gasteiger partial charge on any atom is 0.313 e. The number of hydrogen-bond acceptors (Lipinski definition) is 4. The molecule has 1 heterocycles. The average Bonchev–Trinajstić information content (AvgIpc) is 2.34. The van der Waals surface area contributed by atoms with Gasteiger partial charge in [-0.15, -0.1) is 0 Å². The Morgan fingerprint density at radius 3 is 2.79 bits per heavy atom. The molecule has 19 heavy (non-hydrogen) atoms. The molecule has 2 N–H and O–H groups in total. The van der Waals surface area contributed by atoms with Gasteiger partial charge in [0.25, 0.3) is 5.88 Å². The first-order chi connectivity index (χ1) is 8.99. The molecule has 0 radical (unpaired) electrons. The second-order valence-corrected chi connectivity index (χ2v) is 5.24. The summed E-state index contributed by atoms with van der Waals surface area (Å²) in [6.45, 7) is 3.83. The van der Waals surface area contributed by atoms with Crippen molar-refractivity contribution in [2.45, 2.75) is 19.9 Å². The van der Waals surface area contributed by atoms with Crippen molar-refractivity contribution in [1.82, 2.24) is 9.55 Å². The zero-order valence-corrected chi connectivity index (χ0v) is 12.2. The van der Waals surface area contributed by atoms with E-state index in [-0.39, 0.29) is 17.5 Å². The SMILES string of the molecule is CC(C)n1ccnc(Oc2ccc(Br)cc2N)c1=O. The minimum absolute atomic E-state index is 0.0187. The molecule has 6 heteroatoms. The molecule has 2 rings (SSSR count). The Morgan fingerprint density at radius 2 is 2.16 bits per heavy atom. The predicted octanol–water partition coefficient (Wildman–Crippen LogP) is 2.96. The Bertz CT molecular complexity index is 653. The molecular formula is C13H14BrN3O2. The molecule has 0 fully saturated rings. The van der Waals surface area contributed by atoms with Crippen molar-refractivity contribution >= 4 is 21.6 Å². The van der Waals surface area contributed by atoms with Crippen LogP contribution in [0.2, 0.25) is 0 Å². The van der Waals surface area contributed by atoms with Gasteiger partial charge in [0, 0.05) is 22.9 Å². The summed E-state index contributed by atoms with van der Waals surface area (Å²) in [5.41, 5.74) is 5.99. The number of halogens is 1. The summed E-state index contributed by atoms with van der Waals surface area (Å²) in [4.78, 5) is 16.1. The summed E-state index contributed by atoms with van der Waals surface area (Å²) in [6, 6.07) is 5.22. The molecule has 1 aromatic carbocycles. The third-order valence-corrected chi connectivity index (χ3v) is 3.06. The van der Waals surface area contributed by atoms with E-state index in [0.717, 1.165) is 4.47 Å². The molecule has 5 nitrogen and oxygen atoms in total. The molecule has 0 saturated heterocycles. The number of nitrogens with zero attached hydrogens (tertiary/aromatic N) is 2. The number of nitrogen functional groups attached to an aromatic ring is 1. The molecule has 0 bridgehead atoms. The highest BCUT2D eigenvalue weighted by atomic mass is 79.9. The minimum atomic E-state index is -0.278. The van der Waals surface area contributed by atoms with E-state index >= 15 is 0 Å². The van der Waals surface area contributed by atoms with Gasteiger partial charge in [0.2, 0.25) is 0 Å². The van der Waals surface area contributed by atoms with E-state index in [4.69, 9.17) is 10.5 Å². The largest absolute Gasteiger partial charge is 0.432 e. The molecule has 100 valence electrons. The van der Waals surface area contributed by atoms with Crippen LogP contribution in [0.5, 0.6) is 11.6 Å². The fraction of sp³-hybridized carbons (Fsp3) is 0.231. The van der Waals surface area contributed by atoms with Crippen LogP contribution in [0.15, 0.2) is 39.9 Å². The van der Waals surface area contributed by atoms with Crippen LogP contribution >= 0.6 is 15.9 Å². The lowest BCUT2D eigenvalue weighted by Gasteiger charge is -2.11. The summed E-state index contributed by atoms with van der Waals surface area (Å²) in [5.74, 6) is 0.430. The quantitative estimate of drug-likeness (QED) is 0.881. The highest BCUT2D eigenvalue weighted by Crippen LogP contribution is 2.27. The standard InChI is InChI=1S/C13H14BrN3O2/c1-8(2)17-6-5-16-12(13(17)18)19-11-4-3-9(14)7-10(11)15/h3-8H,15H2,1-2H3. The third kappa shape index (κ3) is 2.96. The average molecular weight is 324 g/mol. The monoisotopic (exact) mass is 323 g/mol. The number of nitrogens with two attached hydrogens (primary N) is 1. The zero-order valence-electron chi connectivity index (χ0n) is 10.6. The zero-order chi connectivity index (χ0) is 14.0. The highest BCUT2D eigenvalue weighted by molar-refractivity contribution is 9.10. The van der Waals surface area contributed by atoms with Crippen molar-refractivity contribution < 1.29 is 4.74 Å². The molecule has 0 aliphatic carbocycles. The molecule has 0 atom stereocenters. The van der Waals surface area contributed by atoms with Crippen molar-refractivity contribution in [1.29, 1.82) is 0 Å². The molecule has 2 aromatic rings. The van der Waals surface area contributed by atoms with E-state index < -0.39 is 0 Å². The Hall–Kier alpha value is -1.82. The number of ether oxygens (including phenoxy) is 1. The normalized spacial score (nSPS) is 10.7. The van der Waals surface area contributed by atoms with E-state index in [2.05, 4.69) is 20.9 Å². The van der Waals surface area contributed by atoms with Gasteiger partial charge < -0.3 is 15.0 Å². The fourth-order valence-corrected chi connectivity index (χ4v) is 1.98. The summed E-state index contributed by atoms with van der Waals surface area (Å²) in [5, 5.41) is 0. The molecular weight excluding hydrogens is 310 g/mol. The highest BCUT2D eigenvalue weighted by Gasteiger charge is 2.11. The lowest BCUT2D eigenvalue weighted by atomic mass is 10.3. The Balaban J connectivity index is 2.39. The number of benzene rings is 1. The van der Waals surface area contributed by atoms with Crippen molar-refractivity contribution in [3.63, 3.8) is 0 Å². The van der Waals surface area contributed by atoms with Crippen molar-refractivity contribution in [3.8, 4) is 11.6 Å². The van der Waals surface area contributed by atoms with E-state index in [1.807, 2.05) is 13.8 Å². The van der Waals surface area contributed by atoms with Crippen molar-refractivity contribution in [3.05, 3.63) is 45.4 Å². The van der Waals surface area contributed by atoms with Gasteiger partial charge >= 0.3 is 5.56 Å². The molecule has 0 aliphatic rings. The van der Waals surface area contributed by atoms with Gasteiger partial charge in [0.1, 0.15) is 0 Å². The number of rotatable bonds is 3. The topological polar surface area (TPSA) is 70.1 Å². The van der Waals surface area contributed by atoms with Gasteiger partial charge in [-0.2, -0.15) is 0 Å². The first kappa shape index (κ1) is 13.6. The molecule has 0 unspecified atom stereocenters. The first-order valence-electron chi connectivity index (χ1n) is 5.79. The fourth-order valence-electron chi connectivity index (χ4n) is 1.60. The minimum Gasteiger partial charge on any atom is -0.432 e. The Kier molecular flexibility index (Phi) is 3.90. The van der Waals surface area contributed by atoms with Crippen LogP contribution in [0, 0.1) is 0 Å². The number of aromatic nitrogens is 2. The van der Waals surface area contributed by atoms with Crippen LogP contribution in [0.3, 0.4) is 0 Å². The summed E-state index contributed by atoms with van der Waals surface area (Å²) < 4.78 is 7.89. The Morgan fingerprint density at radius 1 is 1.42 bits per heavy atom. The van der Waals surface area contributed by atoms with Crippen LogP contribution in [0.4, 0.5) is 5.69 Å². The van der Waals surface area contributed by atoms with Crippen LogP contribution < -0.4 is 16.0 Å². The van der Waals surface area contributed by atoms with Gasteiger partial charge in [-0.05, 0) is 32.0 Å². The van der Waals surface area contributed by atoms with Gasteiger partial charge in [-0.25, -0.2) is 4.98 Å². The van der Waals surface area contributed by atoms with Crippen molar-refractivity contribution in [2.75, 3.05) is 5.73 Å². The molecule has 0 spiro atoms.